The minimum atomic E-state index is 0.358. The molecule has 2 unspecified atom stereocenters. The normalized spacial score (nSPS) is 25.1. The summed E-state index contributed by atoms with van der Waals surface area (Å²) in [6.07, 6.45) is 6.96. The second-order valence-corrected chi connectivity index (χ2v) is 4.39. The quantitative estimate of drug-likeness (QED) is 0.819. The van der Waals surface area contributed by atoms with Crippen molar-refractivity contribution >= 4 is 0 Å². The fourth-order valence-corrected chi connectivity index (χ4v) is 2.19. The lowest BCUT2D eigenvalue weighted by atomic mass is 10.2. The highest BCUT2D eigenvalue weighted by molar-refractivity contribution is 4.90. The molecular weight excluding hydrogens is 202 g/mol. The third kappa shape index (κ3) is 2.83. The van der Waals surface area contributed by atoms with Gasteiger partial charge in [0.15, 0.2) is 0 Å². The van der Waals surface area contributed by atoms with Crippen molar-refractivity contribution in [2.45, 2.75) is 45.4 Å². The molecule has 90 valence electrons. The van der Waals surface area contributed by atoms with E-state index >= 15 is 0 Å². The molecule has 0 aliphatic carbocycles. The molecule has 4 nitrogen and oxygen atoms in total. The van der Waals surface area contributed by atoms with E-state index < -0.39 is 0 Å². The first-order valence-electron chi connectivity index (χ1n) is 6.13. The van der Waals surface area contributed by atoms with Crippen LogP contribution in [0.25, 0.3) is 0 Å². The lowest BCUT2D eigenvalue weighted by Crippen LogP contribution is -2.27. The third-order valence-corrected chi connectivity index (χ3v) is 3.14. The van der Waals surface area contributed by atoms with E-state index in [2.05, 4.69) is 21.8 Å². The molecule has 1 saturated heterocycles. The van der Waals surface area contributed by atoms with Gasteiger partial charge in [-0.25, -0.2) is 4.98 Å². The maximum atomic E-state index is 5.98. The van der Waals surface area contributed by atoms with Gasteiger partial charge in [0.25, 0.3) is 0 Å². The molecule has 0 radical (unpaired) electrons. The summed E-state index contributed by atoms with van der Waals surface area (Å²) in [5, 5.41) is 3.34. The van der Waals surface area contributed by atoms with E-state index in [1.807, 2.05) is 19.3 Å². The predicted octanol–water partition coefficient (Wildman–Crippen LogP) is 1.35. The van der Waals surface area contributed by atoms with Gasteiger partial charge in [-0.1, -0.05) is 6.92 Å². The van der Waals surface area contributed by atoms with Crippen molar-refractivity contribution in [2.75, 3.05) is 13.1 Å². The van der Waals surface area contributed by atoms with Crippen LogP contribution in [-0.2, 0) is 11.3 Å². The summed E-state index contributed by atoms with van der Waals surface area (Å²) in [4.78, 5) is 4.22. The number of hydrogen-bond acceptors (Lipinski definition) is 3. The highest BCUT2D eigenvalue weighted by Gasteiger charge is 2.25. The van der Waals surface area contributed by atoms with E-state index in [4.69, 9.17) is 4.74 Å². The zero-order chi connectivity index (χ0) is 11.4. The lowest BCUT2D eigenvalue weighted by molar-refractivity contribution is 0.0361. The molecule has 1 aliphatic rings. The van der Waals surface area contributed by atoms with Gasteiger partial charge in [0.2, 0.25) is 0 Å². The van der Waals surface area contributed by atoms with E-state index in [0.717, 1.165) is 31.9 Å². The molecule has 0 amide bonds. The third-order valence-electron chi connectivity index (χ3n) is 3.14. The van der Waals surface area contributed by atoms with Crippen LogP contribution in [0.1, 0.15) is 25.6 Å². The van der Waals surface area contributed by atoms with Crippen LogP contribution >= 0.6 is 0 Å². The Bertz CT molecular complexity index is 324. The highest BCUT2D eigenvalue weighted by atomic mass is 16.5. The maximum Gasteiger partial charge on any atom is 0.105 e. The average molecular weight is 223 g/mol. The molecule has 1 N–H and O–H groups in total. The first-order chi connectivity index (χ1) is 7.79. The van der Waals surface area contributed by atoms with E-state index in [0.29, 0.717) is 12.2 Å². The summed E-state index contributed by atoms with van der Waals surface area (Å²) in [6.45, 7) is 7.10. The number of nitrogens with one attached hydrogen (secondary N) is 1. The Balaban J connectivity index is 1.79. The summed E-state index contributed by atoms with van der Waals surface area (Å²) in [7, 11) is 0. The number of likely N-dealkylation sites (N-methyl/N-ethyl adjacent to an activating group) is 1. The first kappa shape index (κ1) is 11.6. The van der Waals surface area contributed by atoms with Gasteiger partial charge in [-0.15, -0.1) is 0 Å². The molecule has 0 bridgehead atoms. The van der Waals surface area contributed by atoms with Gasteiger partial charge >= 0.3 is 0 Å². The fourth-order valence-electron chi connectivity index (χ4n) is 2.19. The number of imidazole rings is 1. The number of nitrogens with zero attached hydrogens (tertiary/aromatic N) is 2. The Hall–Kier alpha value is -0.870. The van der Waals surface area contributed by atoms with Crippen molar-refractivity contribution in [3.63, 3.8) is 0 Å². The van der Waals surface area contributed by atoms with Crippen molar-refractivity contribution in [3.05, 3.63) is 18.2 Å². The summed E-state index contributed by atoms with van der Waals surface area (Å²) in [5.41, 5.74) is 0. The van der Waals surface area contributed by atoms with Gasteiger partial charge < -0.3 is 14.6 Å². The number of aromatic nitrogens is 2. The Morgan fingerprint density at radius 1 is 1.50 bits per heavy atom. The van der Waals surface area contributed by atoms with Crippen LogP contribution in [0.15, 0.2) is 12.4 Å². The molecule has 0 saturated carbocycles. The summed E-state index contributed by atoms with van der Waals surface area (Å²) >= 11 is 0. The number of rotatable bonds is 5. The van der Waals surface area contributed by atoms with Crippen LogP contribution in [-0.4, -0.2) is 34.8 Å². The first-order valence-corrected chi connectivity index (χ1v) is 6.13. The van der Waals surface area contributed by atoms with E-state index in [-0.39, 0.29) is 0 Å². The molecule has 1 fully saturated rings. The second kappa shape index (κ2) is 5.46. The SMILES string of the molecule is CCNCC1CCC(Cn2ccnc2C)O1. The Kier molecular flexibility index (Phi) is 3.96. The molecule has 0 spiro atoms. The van der Waals surface area contributed by atoms with Crippen LogP contribution in [0.5, 0.6) is 0 Å². The fraction of sp³-hybridized carbons (Fsp3) is 0.750. The largest absolute Gasteiger partial charge is 0.372 e. The molecule has 2 atom stereocenters. The molecule has 1 aromatic rings. The summed E-state index contributed by atoms with van der Waals surface area (Å²) in [5.74, 6) is 1.07. The summed E-state index contributed by atoms with van der Waals surface area (Å²) in [6, 6.07) is 0. The standard InChI is InChI=1S/C12H21N3O/c1-3-13-8-11-4-5-12(16-11)9-15-7-6-14-10(15)2/h6-7,11-13H,3-5,8-9H2,1-2H3. The number of aryl methyl sites for hydroxylation is 1. The Morgan fingerprint density at radius 2 is 2.31 bits per heavy atom. The summed E-state index contributed by atoms with van der Waals surface area (Å²) < 4.78 is 8.15. The smallest absolute Gasteiger partial charge is 0.105 e. The zero-order valence-corrected chi connectivity index (χ0v) is 10.1. The number of ether oxygens (including phenoxy) is 1. The Morgan fingerprint density at radius 3 is 3.00 bits per heavy atom. The molecule has 16 heavy (non-hydrogen) atoms. The van der Waals surface area contributed by atoms with Crippen LogP contribution < -0.4 is 5.32 Å². The minimum absolute atomic E-state index is 0.358. The lowest BCUT2D eigenvalue weighted by Gasteiger charge is -2.15. The highest BCUT2D eigenvalue weighted by Crippen LogP contribution is 2.20. The number of hydrogen-bond donors (Lipinski definition) is 1. The van der Waals surface area contributed by atoms with Crippen molar-refractivity contribution in [3.8, 4) is 0 Å². The van der Waals surface area contributed by atoms with Crippen molar-refractivity contribution in [2.24, 2.45) is 0 Å². The monoisotopic (exact) mass is 223 g/mol. The van der Waals surface area contributed by atoms with E-state index in [1.165, 1.54) is 6.42 Å². The van der Waals surface area contributed by atoms with Crippen molar-refractivity contribution in [1.82, 2.24) is 14.9 Å². The van der Waals surface area contributed by atoms with Crippen LogP contribution in [0.3, 0.4) is 0 Å². The minimum Gasteiger partial charge on any atom is -0.372 e. The topological polar surface area (TPSA) is 39.1 Å². The average Bonchev–Trinajstić information content (AvgIpc) is 2.87. The van der Waals surface area contributed by atoms with E-state index in [1.54, 1.807) is 0 Å². The van der Waals surface area contributed by atoms with Gasteiger partial charge in [0.1, 0.15) is 5.82 Å². The van der Waals surface area contributed by atoms with Gasteiger partial charge in [0.05, 0.1) is 18.8 Å². The molecule has 0 aromatic carbocycles. The molecule has 2 rings (SSSR count). The predicted molar refractivity (Wildman–Crippen MR) is 63.4 cm³/mol. The van der Waals surface area contributed by atoms with Gasteiger partial charge in [-0.2, -0.15) is 0 Å². The maximum absolute atomic E-state index is 5.98. The van der Waals surface area contributed by atoms with Crippen molar-refractivity contribution < 1.29 is 4.74 Å². The molecule has 1 aromatic heterocycles. The zero-order valence-electron chi connectivity index (χ0n) is 10.1. The Labute approximate surface area is 97.0 Å². The molecular formula is C12H21N3O. The van der Waals surface area contributed by atoms with Crippen LogP contribution in [0.4, 0.5) is 0 Å². The van der Waals surface area contributed by atoms with Crippen LogP contribution in [0, 0.1) is 6.92 Å². The van der Waals surface area contributed by atoms with E-state index in [9.17, 15) is 0 Å². The molecule has 2 heterocycles. The molecule has 4 heteroatoms. The van der Waals surface area contributed by atoms with Crippen LogP contribution in [0.2, 0.25) is 0 Å². The van der Waals surface area contributed by atoms with Gasteiger partial charge in [-0.3, -0.25) is 0 Å². The van der Waals surface area contributed by atoms with Gasteiger partial charge in [0, 0.05) is 18.9 Å². The molecule has 1 aliphatic heterocycles. The van der Waals surface area contributed by atoms with Gasteiger partial charge in [-0.05, 0) is 26.3 Å². The van der Waals surface area contributed by atoms with Crippen molar-refractivity contribution in [1.29, 1.82) is 0 Å². The second-order valence-electron chi connectivity index (χ2n) is 4.39.